The maximum atomic E-state index is 13.7. The van der Waals surface area contributed by atoms with Crippen LogP contribution < -0.4 is 20.4 Å². The molecule has 3 N–H and O–H groups in total. The summed E-state index contributed by atoms with van der Waals surface area (Å²) in [4.78, 5) is 31.4. The maximum Gasteiger partial charge on any atom is 0.323 e. The minimum Gasteiger partial charge on any atom is -0.394 e. The fourth-order valence-corrected chi connectivity index (χ4v) is 6.29. The molecule has 2 aliphatic rings. The van der Waals surface area contributed by atoms with Gasteiger partial charge < -0.3 is 20.6 Å². The summed E-state index contributed by atoms with van der Waals surface area (Å²) in [6.07, 6.45) is 12.1. The molecular formula is C33H38N10O2. The highest BCUT2D eigenvalue weighted by Gasteiger charge is 2.32. The summed E-state index contributed by atoms with van der Waals surface area (Å²) >= 11 is 0. The molecule has 1 unspecified atom stereocenters. The van der Waals surface area contributed by atoms with Gasteiger partial charge >= 0.3 is 6.03 Å². The summed E-state index contributed by atoms with van der Waals surface area (Å²) in [5, 5.41) is 30.3. The van der Waals surface area contributed by atoms with E-state index in [9.17, 15) is 15.2 Å². The Kier molecular flexibility index (Phi) is 9.17. The molecule has 0 radical (unpaired) electrons. The number of hydrogen-bond donors (Lipinski definition) is 3. The Morgan fingerprint density at radius 2 is 1.87 bits per heavy atom. The van der Waals surface area contributed by atoms with E-state index < -0.39 is 0 Å². The fraction of sp³-hybridized carbons (Fsp3) is 0.394. The van der Waals surface area contributed by atoms with Gasteiger partial charge in [0.05, 0.1) is 25.0 Å². The van der Waals surface area contributed by atoms with Crippen LogP contribution in [0.3, 0.4) is 0 Å². The number of nitrogens with zero attached hydrogens (tertiary/aromatic N) is 8. The number of aromatic nitrogens is 5. The second-order valence-corrected chi connectivity index (χ2v) is 11.7. The molecule has 1 atom stereocenters. The van der Waals surface area contributed by atoms with Crippen molar-refractivity contribution >= 4 is 23.6 Å². The van der Waals surface area contributed by atoms with Crippen LogP contribution >= 0.6 is 0 Å². The van der Waals surface area contributed by atoms with Gasteiger partial charge in [-0.3, -0.25) is 9.58 Å². The van der Waals surface area contributed by atoms with Crippen molar-refractivity contribution in [2.24, 2.45) is 7.05 Å². The van der Waals surface area contributed by atoms with Gasteiger partial charge in [-0.25, -0.2) is 14.8 Å². The molecule has 1 saturated heterocycles. The van der Waals surface area contributed by atoms with E-state index in [1.165, 1.54) is 0 Å². The Hall–Kier alpha value is -5.02. The standard InChI is InChI=1S/C33H38N10O2/c1-41-21-26(20-38-41)24-9-14-30(35-18-24)43(33(45)37-17-23-6-3-2-4-7-23)28-12-10-27(11-13-28)39-32-36-19-25(16-34)31(40-32)42-15-5-8-29(42)22-44/h2-4,6-7,9,14,18-21,27-29,44H,5,8,10-13,15,17,22H2,1H3,(H,37,45)(H,36,39,40). The van der Waals surface area contributed by atoms with E-state index in [0.29, 0.717) is 29.7 Å². The van der Waals surface area contributed by atoms with Gasteiger partial charge in [0.25, 0.3) is 0 Å². The van der Waals surface area contributed by atoms with Crippen LogP contribution in [0.4, 0.5) is 22.4 Å². The SMILES string of the molecule is Cn1cc(-c2ccc(N(C(=O)NCc3ccccc3)C3CCC(Nc4ncc(C#N)c(N5CCCC5CO)n4)CC3)nc2)cn1. The lowest BCUT2D eigenvalue weighted by atomic mass is 9.90. The molecule has 3 aromatic heterocycles. The lowest BCUT2D eigenvalue weighted by Crippen LogP contribution is -2.49. The molecule has 1 aliphatic heterocycles. The van der Waals surface area contributed by atoms with E-state index in [1.54, 1.807) is 28.2 Å². The number of hydrogen-bond acceptors (Lipinski definition) is 9. The largest absolute Gasteiger partial charge is 0.394 e. The Morgan fingerprint density at radius 1 is 1.04 bits per heavy atom. The van der Waals surface area contributed by atoms with Gasteiger partial charge in [0.1, 0.15) is 17.5 Å². The quantitative estimate of drug-likeness (QED) is 0.254. The third-order valence-corrected chi connectivity index (χ3v) is 8.68. The average Bonchev–Trinajstić information content (AvgIpc) is 3.74. The molecule has 1 saturated carbocycles. The van der Waals surface area contributed by atoms with Crippen LogP contribution in [0, 0.1) is 11.3 Å². The molecule has 2 fully saturated rings. The number of amides is 2. The molecule has 4 heterocycles. The topological polar surface area (TPSA) is 148 Å². The molecule has 12 heteroatoms. The first-order valence-corrected chi connectivity index (χ1v) is 15.5. The summed E-state index contributed by atoms with van der Waals surface area (Å²) in [6.45, 7) is 1.20. The van der Waals surface area contributed by atoms with Crippen molar-refractivity contribution in [3.8, 4) is 17.2 Å². The number of aliphatic hydroxyl groups is 1. The molecule has 2 amide bonds. The molecule has 0 bridgehead atoms. The smallest absolute Gasteiger partial charge is 0.323 e. The first-order valence-electron chi connectivity index (χ1n) is 15.5. The highest BCUT2D eigenvalue weighted by atomic mass is 16.3. The van der Waals surface area contributed by atoms with E-state index in [0.717, 1.165) is 61.8 Å². The van der Waals surface area contributed by atoms with Gasteiger partial charge in [-0.15, -0.1) is 0 Å². The molecule has 4 aromatic rings. The van der Waals surface area contributed by atoms with E-state index in [-0.39, 0.29) is 30.8 Å². The van der Waals surface area contributed by atoms with Crippen LogP contribution in [0.2, 0.25) is 0 Å². The number of rotatable bonds is 9. The normalized spacial score (nSPS) is 19.6. The molecule has 0 spiro atoms. The summed E-state index contributed by atoms with van der Waals surface area (Å²) < 4.78 is 1.75. The Bertz CT molecular complexity index is 1630. The zero-order valence-corrected chi connectivity index (χ0v) is 25.4. The number of urea groups is 1. The number of pyridine rings is 1. The predicted molar refractivity (Wildman–Crippen MR) is 171 cm³/mol. The third-order valence-electron chi connectivity index (χ3n) is 8.68. The Morgan fingerprint density at radius 3 is 2.56 bits per heavy atom. The predicted octanol–water partition coefficient (Wildman–Crippen LogP) is 4.24. The summed E-state index contributed by atoms with van der Waals surface area (Å²) in [5.74, 6) is 1.65. The van der Waals surface area contributed by atoms with E-state index in [4.69, 9.17) is 9.97 Å². The van der Waals surface area contributed by atoms with Crippen molar-refractivity contribution in [1.29, 1.82) is 5.26 Å². The summed E-state index contributed by atoms with van der Waals surface area (Å²) in [7, 11) is 1.88. The Balaban J connectivity index is 1.15. The molecule has 1 aliphatic carbocycles. The summed E-state index contributed by atoms with van der Waals surface area (Å²) in [5.41, 5.74) is 3.34. The van der Waals surface area contributed by atoms with E-state index in [2.05, 4.69) is 26.8 Å². The number of anilines is 3. The van der Waals surface area contributed by atoms with Crippen molar-refractivity contribution in [2.45, 2.75) is 63.2 Å². The minimum absolute atomic E-state index is 0.0259. The molecule has 6 rings (SSSR count). The van der Waals surface area contributed by atoms with Crippen molar-refractivity contribution in [3.63, 3.8) is 0 Å². The lowest BCUT2D eigenvalue weighted by Gasteiger charge is -2.36. The van der Waals surface area contributed by atoms with Gasteiger partial charge in [-0.1, -0.05) is 30.3 Å². The van der Waals surface area contributed by atoms with Crippen molar-refractivity contribution < 1.29 is 9.90 Å². The number of nitriles is 1. The maximum absolute atomic E-state index is 13.7. The zero-order valence-electron chi connectivity index (χ0n) is 25.4. The zero-order chi connectivity index (χ0) is 31.2. The van der Waals surface area contributed by atoms with Gasteiger partial charge in [0.2, 0.25) is 5.95 Å². The minimum atomic E-state index is -0.180. The highest BCUT2D eigenvalue weighted by molar-refractivity contribution is 5.91. The van der Waals surface area contributed by atoms with E-state index in [1.807, 2.05) is 60.6 Å². The molecule has 45 heavy (non-hydrogen) atoms. The van der Waals surface area contributed by atoms with Crippen LogP contribution in [0.1, 0.15) is 49.7 Å². The van der Waals surface area contributed by atoms with Gasteiger partial charge in [-0.2, -0.15) is 15.3 Å². The number of carbonyl (C=O) groups is 1. The highest BCUT2D eigenvalue weighted by Crippen LogP contribution is 2.31. The first-order chi connectivity index (χ1) is 22.0. The van der Waals surface area contributed by atoms with Crippen molar-refractivity contribution in [1.82, 2.24) is 30.0 Å². The van der Waals surface area contributed by atoms with Gasteiger partial charge in [0.15, 0.2) is 5.82 Å². The molecular weight excluding hydrogens is 568 g/mol. The first kappa shape index (κ1) is 30.0. The van der Waals surface area contributed by atoms with Crippen molar-refractivity contribution in [3.05, 3.63) is 78.4 Å². The van der Waals surface area contributed by atoms with Gasteiger partial charge in [-0.05, 0) is 56.2 Å². The van der Waals surface area contributed by atoms with Crippen molar-refractivity contribution in [2.75, 3.05) is 28.3 Å². The van der Waals surface area contributed by atoms with Crippen LogP contribution in [0.15, 0.2) is 67.3 Å². The molecule has 1 aromatic carbocycles. The lowest BCUT2D eigenvalue weighted by molar-refractivity contribution is 0.240. The van der Waals surface area contributed by atoms with E-state index >= 15 is 0 Å². The van der Waals surface area contributed by atoms with Crippen LogP contribution in [0.25, 0.3) is 11.1 Å². The monoisotopic (exact) mass is 606 g/mol. The number of aliphatic hydroxyl groups excluding tert-OH is 1. The number of nitrogens with one attached hydrogen (secondary N) is 2. The summed E-state index contributed by atoms with van der Waals surface area (Å²) in [6, 6.07) is 15.8. The van der Waals surface area contributed by atoms with Crippen LogP contribution in [0.5, 0.6) is 0 Å². The fourth-order valence-electron chi connectivity index (χ4n) is 6.29. The number of aryl methyl sites for hydroxylation is 1. The number of carbonyl (C=O) groups excluding carboxylic acids is 1. The number of benzene rings is 1. The second-order valence-electron chi connectivity index (χ2n) is 11.7. The van der Waals surface area contributed by atoms with Gasteiger partial charge in [0, 0.05) is 55.7 Å². The average molecular weight is 607 g/mol. The molecule has 232 valence electrons. The third kappa shape index (κ3) is 6.89. The van der Waals surface area contributed by atoms with Crippen LogP contribution in [-0.2, 0) is 13.6 Å². The second kappa shape index (κ2) is 13.7. The Labute approximate surface area is 262 Å². The molecule has 12 nitrogen and oxygen atoms in total. The van der Waals surface area contributed by atoms with Crippen LogP contribution in [-0.4, -0.2) is 67.1 Å².